The second kappa shape index (κ2) is 4.59. The van der Waals surface area contributed by atoms with Gasteiger partial charge in [0.1, 0.15) is 6.17 Å². The summed E-state index contributed by atoms with van der Waals surface area (Å²) >= 11 is 6.18. The Labute approximate surface area is 116 Å². The zero-order chi connectivity index (χ0) is 13.4. The van der Waals surface area contributed by atoms with Gasteiger partial charge < -0.3 is 10.6 Å². The SMILES string of the molecule is Cc1cccc2c1N[C@@H](c1ccccc1Cl)NC2=O. The van der Waals surface area contributed by atoms with Gasteiger partial charge in [-0.05, 0) is 24.6 Å². The van der Waals surface area contributed by atoms with Crippen molar-refractivity contribution in [3.05, 3.63) is 64.2 Å². The Kier molecular flexibility index (Phi) is 2.91. The van der Waals surface area contributed by atoms with E-state index in [1.165, 1.54) is 0 Å². The molecule has 0 radical (unpaired) electrons. The van der Waals surface area contributed by atoms with E-state index in [4.69, 9.17) is 11.6 Å². The molecular weight excluding hydrogens is 260 g/mol. The lowest BCUT2D eigenvalue weighted by atomic mass is 10.0. The molecule has 19 heavy (non-hydrogen) atoms. The largest absolute Gasteiger partial charge is 0.361 e. The van der Waals surface area contributed by atoms with E-state index in [9.17, 15) is 4.79 Å². The molecule has 2 N–H and O–H groups in total. The van der Waals surface area contributed by atoms with Crippen molar-refractivity contribution in [3.8, 4) is 0 Å². The lowest BCUT2D eigenvalue weighted by Gasteiger charge is -2.29. The predicted octanol–water partition coefficient (Wildman–Crippen LogP) is 3.50. The van der Waals surface area contributed by atoms with Gasteiger partial charge in [0, 0.05) is 10.6 Å². The van der Waals surface area contributed by atoms with Gasteiger partial charge in [-0.3, -0.25) is 4.79 Å². The lowest BCUT2D eigenvalue weighted by molar-refractivity contribution is 0.0935. The van der Waals surface area contributed by atoms with Crippen LogP contribution < -0.4 is 10.6 Å². The highest BCUT2D eigenvalue weighted by atomic mass is 35.5. The number of benzene rings is 2. The number of amides is 1. The molecule has 2 aromatic carbocycles. The maximum atomic E-state index is 12.1. The van der Waals surface area contributed by atoms with E-state index in [1.807, 2.05) is 49.4 Å². The van der Waals surface area contributed by atoms with E-state index in [2.05, 4.69) is 10.6 Å². The number of fused-ring (bicyclic) bond motifs is 1. The summed E-state index contributed by atoms with van der Waals surface area (Å²) in [5.41, 5.74) is 3.45. The summed E-state index contributed by atoms with van der Waals surface area (Å²) in [7, 11) is 0. The number of aryl methyl sites for hydroxylation is 1. The first-order chi connectivity index (χ1) is 9.16. The number of halogens is 1. The monoisotopic (exact) mass is 272 g/mol. The third-order valence-corrected chi connectivity index (χ3v) is 3.64. The van der Waals surface area contributed by atoms with Gasteiger partial charge in [0.25, 0.3) is 5.91 Å². The molecule has 3 rings (SSSR count). The van der Waals surface area contributed by atoms with Crippen molar-refractivity contribution >= 4 is 23.2 Å². The number of hydrogen-bond acceptors (Lipinski definition) is 2. The summed E-state index contributed by atoms with van der Waals surface area (Å²) in [6.07, 6.45) is -0.296. The van der Waals surface area contributed by atoms with E-state index in [-0.39, 0.29) is 12.1 Å². The Morgan fingerprint density at radius 2 is 1.84 bits per heavy atom. The number of anilines is 1. The van der Waals surface area contributed by atoms with Crippen molar-refractivity contribution in [1.82, 2.24) is 5.32 Å². The fourth-order valence-corrected chi connectivity index (χ4v) is 2.55. The summed E-state index contributed by atoms with van der Waals surface area (Å²) < 4.78 is 0. The standard InChI is InChI=1S/C15H13ClN2O/c1-9-5-4-7-11-13(9)17-14(18-15(11)19)10-6-2-3-8-12(10)16/h2-8,14,17H,1H3,(H,18,19)/t14-/m1/s1. The van der Waals surface area contributed by atoms with E-state index in [0.717, 1.165) is 16.8 Å². The summed E-state index contributed by atoms with van der Waals surface area (Å²) in [6, 6.07) is 13.2. The summed E-state index contributed by atoms with van der Waals surface area (Å²) in [5.74, 6) is -0.0811. The van der Waals surface area contributed by atoms with Crippen LogP contribution >= 0.6 is 11.6 Å². The van der Waals surface area contributed by atoms with Crippen LogP contribution in [-0.2, 0) is 0 Å². The molecule has 0 saturated heterocycles. The summed E-state index contributed by atoms with van der Waals surface area (Å²) in [5, 5.41) is 6.90. The quantitative estimate of drug-likeness (QED) is 0.834. The molecule has 0 saturated carbocycles. The normalized spacial score (nSPS) is 17.4. The molecule has 2 aromatic rings. The highest BCUT2D eigenvalue weighted by molar-refractivity contribution is 6.31. The highest BCUT2D eigenvalue weighted by Crippen LogP contribution is 2.31. The maximum absolute atomic E-state index is 12.1. The van der Waals surface area contributed by atoms with Gasteiger partial charge in [-0.25, -0.2) is 0 Å². The first kappa shape index (κ1) is 12.1. The van der Waals surface area contributed by atoms with Crippen LogP contribution in [0.15, 0.2) is 42.5 Å². The molecule has 1 atom stereocenters. The molecule has 0 unspecified atom stereocenters. The third-order valence-electron chi connectivity index (χ3n) is 3.30. The number of rotatable bonds is 1. The first-order valence-electron chi connectivity index (χ1n) is 6.08. The van der Waals surface area contributed by atoms with Crippen LogP contribution in [0.3, 0.4) is 0 Å². The van der Waals surface area contributed by atoms with Gasteiger partial charge >= 0.3 is 0 Å². The third kappa shape index (κ3) is 2.06. The van der Waals surface area contributed by atoms with E-state index in [1.54, 1.807) is 0 Å². The minimum atomic E-state index is -0.296. The highest BCUT2D eigenvalue weighted by Gasteiger charge is 2.26. The van der Waals surface area contributed by atoms with Gasteiger partial charge in [-0.15, -0.1) is 0 Å². The minimum absolute atomic E-state index is 0.0811. The number of hydrogen-bond donors (Lipinski definition) is 2. The zero-order valence-electron chi connectivity index (χ0n) is 10.4. The number of nitrogens with one attached hydrogen (secondary N) is 2. The van der Waals surface area contributed by atoms with Gasteiger partial charge in [0.2, 0.25) is 0 Å². The predicted molar refractivity (Wildman–Crippen MR) is 76.5 cm³/mol. The molecule has 1 amide bonds. The Hall–Kier alpha value is -2.00. The number of carbonyl (C=O) groups excluding carboxylic acids is 1. The van der Waals surface area contributed by atoms with Gasteiger partial charge in [-0.1, -0.05) is 41.9 Å². The van der Waals surface area contributed by atoms with Crippen molar-refractivity contribution in [2.75, 3.05) is 5.32 Å². The molecule has 1 aliphatic heterocycles. The van der Waals surface area contributed by atoms with E-state index < -0.39 is 0 Å². The maximum Gasteiger partial charge on any atom is 0.255 e. The molecule has 0 aromatic heterocycles. The van der Waals surface area contributed by atoms with E-state index >= 15 is 0 Å². The lowest BCUT2D eigenvalue weighted by Crippen LogP contribution is -2.38. The Bertz CT molecular complexity index is 654. The molecular formula is C15H13ClN2O. The second-order valence-electron chi connectivity index (χ2n) is 4.57. The van der Waals surface area contributed by atoms with Gasteiger partial charge in [0.15, 0.2) is 0 Å². The fourth-order valence-electron chi connectivity index (χ4n) is 2.30. The molecule has 0 spiro atoms. The average molecular weight is 273 g/mol. The number of carbonyl (C=O) groups is 1. The van der Waals surface area contributed by atoms with Crippen molar-refractivity contribution in [3.63, 3.8) is 0 Å². The van der Waals surface area contributed by atoms with Crippen LogP contribution in [0.1, 0.15) is 27.7 Å². The van der Waals surface area contributed by atoms with Gasteiger partial charge in [0.05, 0.1) is 11.3 Å². The Balaban J connectivity index is 2.04. The fraction of sp³-hybridized carbons (Fsp3) is 0.133. The molecule has 0 bridgehead atoms. The molecule has 3 nitrogen and oxygen atoms in total. The van der Waals surface area contributed by atoms with Crippen LogP contribution in [-0.4, -0.2) is 5.91 Å². The molecule has 1 aliphatic rings. The topological polar surface area (TPSA) is 41.1 Å². The zero-order valence-corrected chi connectivity index (χ0v) is 11.2. The Morgan fingerprint density at radius 1 is 1.05 bits per heavy atom. The Morgan fingerprint density at radius 3 is 2.63 bits per heavy atom. The van der Waals surface area contributed by atoms with E-state index in [0.29, 0.717) is 10.6 Å². The van der Waals surface area contributed by atoms with Crippen molar-refractivity contribution in [2.24, 2.45) is 0 Å². The second-order valence-corrected chi connectivity index (χ2v) is 4.98. The number of para-hydroxylation sites is 1. The van der Waals surface area contributed by atoms with Crippen LogP contribution in [0.5, 0.6) is 0 Å². The first-order valence-corrected chi connectivity index (χ1v) is 6.46. The van der Waals surface area contributed by atoms with Crippen LogP contribution in [0.25, 0.3) is 0 Å². The van der Waals surface area contributed by atoms with Crippen molar-refractivity contribution in [2.45, 2.75) is 13.1 Å². The van der Waals surface area contributed by atoms with Crippen LogP contribution in [0.4, 0.5) is 5.69 Å². The van der Waals surface area contributed by atoms with Crippen LogP contribution in [0, 0.1) is 6.92 Å². The van der Waals surface area contributed by atoms with Crippen LogP contribution in [0.2, 0.25) is 5.02 Å². The molecule has 0 aliphatic carbocycles. The molecule has 96 valence electrons. The van der Waals surface area contributed by atoms with Crippen molar-refractivity contribution in [1.29, 1.82) is 0 Å². The summed E-state index contributed by atoms with van der Waals surface area (Å²) in [6.45, 7) is 1.98. The van der Waals surface area contributed by atoms with Crippen molar-refractivity contribution < 1.29 is 4.79 Å². The molecule has 0 fully saturated rings. The average Bonchev–Trinajstić information content (AvgIpc) is 2.40. The minimum Gasteiger partial charge on any atom is -0.361 e. The van der Waals surface area contributed by atoms with Gasteiger partial charge in [-0.2, -0.15) is 0 Å². The molecule has 4 heteroatoms. The summed E-state index contributed by atoms with van der Waals surface area (Å²) in [4.78, 5) is 12.1. The smallest absolute Gasteiger partial charge is 0.255 e. The molecule has 1 heterocycles.